The molecule has 3 aromatic rings. The summed E-state index contributed by atoms with van der Waals surface area (Å²) in [7, 11) is 1.59. The average molecular weight is 340 g/mol. The van der Waals surface area contributed by atoms with E-state index in [9.17, 15) is 4.79 Å². The third-order valence-corrected chi connectivity index (χ3v) is 3.43. The summed E-state index contributed by atoms with van der Waals surface area (Å²) in [6.07, 6.45) is 0.610. The van der Waals surface area contributed by atoms with Crippen LogP contribution in [0.3, 0.4) is 0 Å². The second-order valence-electron chi connectivity index (χ2n) is 5.23. The first-order valence-corrected chi connectivity index (χ1v) is 7.53. The van der Waals surface area contributed by atoms with Crippen LogP contribution in [0, 0.1) is 0 Å². The average Bonchev–Trinajstić information content (AvgIpc) is 2.62. The fourth-order valence-electron chi connectivity index (χ4n) is 2.11. The summed E-state index contributed by atoms with van der Waals surface area (Å²) in [6, 6.07) is 12.0. The second kappa shape index (κ2) is 7.04. The van der Waals surface area contributed by atoms with Crippen molar-refractivity contribution in [2.24, 2.45) is 0 Å². The molecule has 1 N–H and O–H groups in total. The summed E-state index contributed by atoms with van der Waals surface area (Å²) in [5.41, 5.74) is 1.40. The van der Waals surface area contributed by atoms with Gasteiger partial charge in [0.1, 0.15) is 17.2 Å². The summed E-state index contributed by atoms with van der Waals surface area (Å²) in [5.74, 6) is 0.979. The highest BCUT2D eigenvalue weighted by molar-refractivity contribution is 5.76. The van der Waals surface area contributed by atoms with Crippen LogP contribution in [0.25, 0.3) is 11.0 Å². The zero-order valence-corrected chi connectivity index (χ0v) is 13.7. The molecule has 0 saturated heterocycles. The maximum atomic E-state index is 10.8. The van der Waals surface area contributed by atoms with Gasteiger partial charge in [0.05, 0.1) is 24.3 Å². The highest BCUT2D eigenvalue weighted by Gasteiger charge is 2.12. The van der Waals surface area contributed by atoms with E-state index >= 15 is 0 Å². The van der Waals surface area contributed by atoms with Crippen LogP contribution >= 0.6 is 0 Å². The van der Waals surface area contributed by atoms with Gasteiger partial charge in [-0.2, -0.15) is 0 Å². The molecule has 3 rings (SSSR count). The van der Waals surface area contributed by atoms with E-state index in [0.717, 1.165) is 5.52 Å². The van der Waals surface area contributed by atoms with Crippen molar-refractivity contribution in [2.75, 3.05) is 7.11 Å². The molecule has 0 amide bonds. The van der Waals surface area contributed by atoms with Crippen LogP contribution in [0.1, 0.15) is 6.92 Å². The molecule has 0 fully saturated rings. The molecule has 0 spiro atoms. The van der Waals surface area contributed by atoms with Crippen LogP contribution in [0.5, 0.6) is 23.1 Å². The Labute approximate surface area is 143 Å². The molecule has 0 saturated carbocycles. The van der Waals surface area contributed by atoms with Crippen LogP contribution in [0.15, 0.2) is 48.7 Å². The molecule has 1 atom stereocenters. The number of carboxylic acids is 1. The minimum atomic E-state index is -1.03. The lowest BCUT2D eigenvalue weighted by molar-refractivity contribution is -0.144. The minimum Gasteiger partial charge on any atom is -0.497 e. The van der Waals surface area contributed by atoms with E-state index in [0.29, 0.717) is 28.6 Å². The summed E-state index contributed by atoms with van der Waals surface area (Å²) >= 11 is 0. The highest BCUT2D eigenvalue weighted by atomic mass is 16.5. The van der Waals surface area contributed by atoms with E-state index in [1.807, 2.05) is 12.1 Å². The zero-order chi connectivity index (χ0) is 17.8. The number of carboxylic acid groups (broad SMARTS) is 1. The quantitative estimate of drug-likeness (QED) is 0.736. The molecule has 2 aromatic carbocycles. The minimum absolute atomic E-state index is 0.341. The van der Waals surface area contributed by atoms with Gasteiger partial charge in [-0.25, -0.2) is 14.8 Å². The monoisotopic (exact) mass is 340 g/mol. The Kier molecular flexibility index (Phi) is 4.65. The number of benzene rings is 2. The Hall–Kier alpha value is -3.35. The van der Waals surface area contributed by atoms with Crippen LogP contribution < -0.4 is 14.2 Å². The first-order chi connectivity index (χ1) is 12.0. The maximum Gasteiger partial charge on any atom is 0.344 e. The summed E-state index contributed by atoms with van der Waals surface area (Å²) in [4.78, 5) is 19.5. The van der Waals surface area contributed by atoms with Crippen molar-refractivity contribution in [1.82, 2.24) is 9.97 Å². The van der Waals surface area contributed by atoms with Crippen molar-refractivity contribution < 1.29 is 24.1 Å². The fourth-order valence-corrected chi connectivity index (χ4v) is 2.11. The van der Waals surface area contributed by atoms with Gasteiger partial charge >= 0.3 is 5.97 Å². The van der Waals surface area contributed by atoms with E-state index < -0.39 is 12.1 Å². The van der Waals surface area contributed by atoms with Crippen molar-refractivity contribution in [2.45, 2.75) is 13.0 Å². The Morgan fingerprint density at radius 1 is 1.04 bits per heavy atom. The summed E-state index contributed by atoms with van der Waals surface area (Å²) in [6.45, 7) is 1.46. The van der Waals surface area contributed by atoms with Crippen molar-refractivity contribution in [3.8, 4) is 23.1 Å². The van der Waals surface area contributed by atoms with Crippen molar-refractivity contribution in [3.63, 3.8) is 0 Å². The van der Waals surface area contributed by atoms with Gasteiger partial charge in [0.2, 0.25) is 5.88 Å². The molecule has 0 aliphatic rings. The van der Waals surface area contributed by atoms with Crippen LogP contribution in [0.2, 0.25) is 0 Å². The van der Waals surface area contributed by atoms with Crippen LogP contribution in [0.4, 0.5) is 0 Å². The molecule has 0 aliphatic heterocycles. The smallest absolute Gasteiger partial charge is 0.344 e. The number of carbonyl (C=O) groups is 1. The molecule has 7 heteroatoms. The lowest BCUT2D eigenvalue weighted by atomic mass is 10.3. The number of nitrogens with zero attached hydrogens (tertiary/aromatic N) is 2. The second-order valence-corrected chi connectivity index (χ2v) is 5.23. The van der Waals surface area contributed by atoms with Gasteiger partial charge in [0, 0.05) is 6.07 Å². The molecule has 0 radical (unpaired) electrons. The number of aromatic nitrogens is 2. The van der Waals surface area contributed by atoms with E-state index in [1.54, 1.807) is 37.4 Å². The lowest BCUT2D eigenvalue weighted by Crippen LogP contribution is -2.22. The number of ether oxygens (including phenoxy) is 3. The molecule has 128 valence electrons. The Bertz CT molecular complexity index is 896. The third-order valence-electron chi connectivity index (χ3n) is 3.43. The standard InChI is InChI=1S/C18H16N2O5/c1-11(18(21)22)24-12-3-5-13(6-4-12)25-17-10-19-15-8-7-14(23-2)9-16(15)20-17/h3-11H,1-2H3,(H,21,22)/t11-/m1/s1. The van der Waals surface area contributed by atoms with Crippen molar-refractivity contribution in [1.29, 1.82) is 0 Å². The Balaban J connectivity index is 1.75. The zero-order valence-electron chi connectivity index (χ0n) is 13.7. The molecule has 0 unspecified atom stereocenters. The molecular weight excluding hydrogens is 324 g/mol. The largest absolute Gasteiger partial charge is 0.497 e. The van der Waals surface area contributed by atoms with Gasteiger partial charge in [-0.05, 0) is 43.3 Å². The van der Waals surface area contributed by atoms with Crippen molar-refractivity contribution in [3.05, 3.63) is 48.7 Å². The topological polar surface area (TPSA) is 90.8 Å². The first kappa shape index (κ1) is 16.5. The number of methoxy groups -OCH3 is 1. The van der Waals surface area contributed by atoms with E-state index in [1.165, 1.54) is 13.1 Å². The molecular formula is C18H16N2O5. The van der Waals surface area contributed by atoms with Crippen LogP contribution in [-0.2, 0) is 4.79 Å². The number of hydrogen-bond acceptors (Lipinski definition) is 6. The normalized spacial score (nSPS) is 11.8. The van der Waals surface area contributed by atoms with Gasteiger partial charge in [-0.15, -0.1) is 0 Å². The highest BCUT2D eigenvalue weighted by Crippen LogP contribution is 2.25. The van der Waals surface area contributed by atoms with E-state index in [2.05, 4.69) is 9.97 Å². The molecule has 1 aromatic heterocycles. The van der Waals surface area contributed by atoms with Gasteiger partial charge in [-0.3, -0.25) is 0 Å². The SMILES string of the molecule is COc1ccc2ncc(Oc3ccc(O[C@H](C)C(=O)O)cc3)nc2c1. The van der Waals surface area contributed by atoms with Gasteiger partial charge < -0.3 is 19.3 Å². The van der Waals surface area contributed by atoms with Crippen LogP contribution in [-0.4, -0.2) is 34.3 Å². The molecule has 0 aliphatic carbocycles. The molecule has 0 bridgehead atoms. The van der Waals surface area contributed by atoms with E-state index in [4.69, 9.17) is 19.3 Å². The number of fused-ring (bicyclic) bond motifs is 1. The number of hydrogen-bond donors (Lipinski definition) is 1. The molecule has 7 nitrogen and oxygen atoms in total. The molecule has 1 heterocycles. The van der Waals surface area contributed by atoms with Gasteiger partial charge in [0.15, 0.2) is 6.10 Å². The first-order valence-electron chi connectivity index (χ1n) is 7.53. The lowest BCUT2D eigenvalue weighted by Gasteiger charge is -2.11. The fraction of sp³-hybridized carbons (Fsp3) is 0.167. The number of aliphatic carboxylic acids is 1. The molecule has 25 heavy (non-hydrogen) atoms. The summed E-state index contributed by atoms with van der Waals surface area (Å²) in [5, 5.41) is 8.84. The summed E-state index contributed by atoms with van der Waals surface area (Å²) < 4.78 is 16.1. The predicted octanol–water partition coefficient (Wildman–Crippen LogP) is 3.28. The predicted molar refractivity (Wildman–Crippen MR) is 90.3 cm³/mol. The van der Waals surface area contributed by atoms with E-state index in [-0.39, 0.29) is 0 Å². The van der Waals surface area contributed by atoms with Crippen molar-refractivity contribution >= 4 is 17.0 Å². The Morgan fingerprint density at radius 2 is 1.72 bits per heavy atom. The number of rotatable bonds is 6. The van der Waals surface area contributed by atoms with Gasteiger partial charge in [0.25, 0.3) is 0 Å². The third kappa shape index (κ3) is 3.95. The van der Waals surface area contributed by atoms with Gasteiger partial charge in [-0.1, -0.05) is 0 Å². The maximum absolute atomic E-state index is 10.8. The Morgan fingerprint density at radius 3 is 2.40 bits per heavy atom.